The first-order valence-corrected chi connectivity index (χ1v) is 8.83. The molecule has 150 valence electrons. The maximum Gasteiger partial charge on any atom is 0.302 e. The van der Waals surface area contributed by atoms with Gasteiger partial charge in [0, 0.05) is 57.3 Å². The third-order valence-electron chi connectivity index (χ3n) is 5.14. The van der Waals surface area contributed by atoms with Gasteiger partial charge in [-0.25, -0.2) is 4.98 Å². The Morgan fingerprint density at radius 2 is 1.86 bits per heavy atom. The summed E-state index contributed by atoms with van der Waals surface area (Å²) in [5.41, 5.74) is -0.199. The van der Waals surface area contributed by atoms with Crippen LogP contribution in [-0.2, 0) is 20.2 Å². The zero-order chi connectivity index (χ0) is 20.4. The molecule has 0 atom stereocenters. The van der Waals surface area contributed by atoms with Crippen molar-refractivity contribution in [1.82, 2.24) is 14.5 Å². The summed E-state index contributed by atoms with van der Waals surface area (Å²) in [4.78, 5) is 30.2. The topological polar surface area (TPSA) is 131 Å². The van der Waals surface area contributed by atoms with Crippen molar-refractivity contribution in [2.75, 3.05) is 31.1 Å². The Labute approximate surface area is 161 Å². The van der Waals surface area contributed by atoms with E-state index in [0.29, 0.717) is 32.7 Å². The Morgan fingerprint density at radius 1 is 1.18 bits per heavy atom. The molecular formula is C17H22N6O5. The zero-order valence-electron chi connectivity index (χ0n) is 15.7. The number of aliphatic hydroxyl groups excluding tert-OH is 1. The molecule has 2 heterocycles. The summed E-state index contributed by atoms with van der Waals surface area (Å²) in [6, 6.07) is 1.23. The molecule has 28 heavy (non-hydrogen) atoms. The first-order valence-electron chi connectivity index (χ1n) is 8.83. The lowest BCUT2D eigenvalue weighted by atomic mass is 10.0. The zero-order valence-corrected chi connectivity index (χ0v) is 15.7. The van der Waals surface area contributed by atoms with Gasteiger partial charge < -0.3 is 14.6 Å². The molecule has 1 fully saturated rings. The SMILES string of the molecule is Cc1c(CO)cc([N+](=O)[O-])c(N2CCN(Cc3nccn3C)CC2)c1[N+](=O)[O-]. The Balaban J connectivity index is 1.89. The van der Waals surface area contributed by atoms with Crippen molar-refractivity contribution in [2.45, 2.75) is 20.1 Å². The lowest BCUT2D eigenvalue weighted by molar-refractivity contribution is -0.393. The van der Waals surface area contributed by atoms with E-state index in [1.165, 1.54) is 13.0 Å². The highest BCUT2D eigenvalue weighted by Crippen LogP contribution is 2.42. The molecule has 1 aromatic heterocycles. The van der Waals surface area contributed by atoms with Crippen LogP contribution in [0.2, 0.25) is 0 Å². The number of nitro groups is 2. The lowest BCUT2D eigenvalue weighted by Gasteiger charge is -2.35. The molecule has 0 spiro atoms. The van der Waals surface area contributed by atoms with Crippen LogP contribution in [0.4, 0.5) is 17.1 Å². The molecule has 0 amide bonds. The third-order valence-corrected chi connectivity index (χ3v) is 5.14. The van der Waals surface area contributed by atoms with Crippen molar-refractivity contribution in [3.63, 3.8) is 0 Å². The summed E-state index contributed by atoms with van der Waals surface area (Å²) in [6.07, 6.45) is 3.59. The first-order chi connectivity index (χ1) is 13.3. The summed E-state index contributed by atoms with van der Waals surface area (Å²) >= 11 is 0. The quantitative estimate of drug-likeness (QED) is 0.578. The maximum absolute atomic E-state index is 11.7. The average Bonchev–Trinajstić information content (AvgIpc) is 3.06. The number of imidazole rings is 1. The first kappa shape index (κ1) is 19.7. The van der Waals surface area contributed by atoms with Gasteiger partial charge in [0.05, 0.1) is 23.0 Å². The Kier molecular flexibility index (Phi) is 5.56. The van der Waals surface area contributed by atoms with Crippen molar-refractivity contribution < 1.29 is 15.0 Å². The number of hydrogen-bond donors (Lipinski definition) is 1. The van der Waals surface area contributed by atoms with Gasteiger partial charge in [0.2, 0.25) is 0 Å². The number of hydrogen-bond acceptors (Lipinski definition) is 8. The molecule has 1 aromatic carbocycles. The van der Waals surface area contributed by atoms with Gasteiger partial charge in [-0.15, -0.1) is 0 Å². The number of aliphatic hydroxyl groups is 1. The molecule has 3 rings (SSSR count). The van der Waals surface area contributed by atoms with E-state index in [1.807, 2.05) is 17.8 Å². The van der Waals surface area contributed by atoms with Crippen molar-refractivity contribution >= 4 is 17.1 Å². The molecule has 0 aliphatic carbocycles. The van der Waals surface area contributed by atoms with Gasteiger partial charge in [-0.05, 0) is 12.5 Å². The molecule has 11 nitrogen and oxygen atoms in total. The van der Waals surface area contributed by atoms with Gasteiger partial charge in [0.25, 0.3) is 5.69 Å². The second kappa shape index (κ2) is 7.90. The van der Waals surface area contributed by atoms with E-state index in [1.54, 1.807) is 11.1 Å². The normalized spacial score (nSPS) is 15.0. The molecular weight excluding hydrogens is 368 g/mol. The minimum Gasteiger partial charge on any atom is -0.392 e. The van der Waals surface area contributed by atoms with E-state index < -0.39 is 16.5 Å². The van der Waals surface area contributed by atoms with Crippen LogP contribution in [0.3, 0.4) is 0 Å². The maximum atomic E-state index is 11.7. The molecule has 1 saturated heterocycles. The smallest absolute Gasteiger partial charge is 0.302 e. The molecule has 1 N–H and O–H groups in total. The van der Waals surface area contributed by atoms with Crippen LogP contribution in [0.5, 0.6) is 0 Å². The summed E-state index contributed by atoms with van der Waals surface area (Å²) in [5.74, 6) is 0.911. The fourth-order valence-corrected chi connectivity index (χ4v) is 3.51. The highest BCUT2D eigenvalue weighted by atomic mass is 16.6. The second-order valence-electron chi connectivity index (χ2n) is 6.77. The minimum absolute atomic E-state index is 0.0151. The van der Waals surface area contributed by atoms with Crippen LogP contribution in [0.1, 0.15) is 17.0 Å². The van der Waals surface area contributed by atoms with Crippen LogP contribution in [0.25, 0.3) is 0 Å². The molecule has 0 saturated carbocycles. The molecule has 2 aromatic rings. The number of piperazine rings is 1. The molecule has 11 heteroatoms. The fourth-order valence-electron chi connectivity index (χ4n) is 3.51. The Bertz CT molecular complexity index is 904. The van der Waals surface area contributed by atoms with E-state index in [2.05, 4.69) is 9.88 Å². The van der Waals surface area contributed by atoms with Crippen LogP contribution in [-0.4, -0.2) is 55.6 Å². The van der Waals surface area contributed by atoms with Crippen molar-refractivity contribution in [2.24, 2.45) is 7.05 Å². The molecule has 0 bridgehead atoms. The number of aromatic nitrogens is 2. The number of anilines is 1. The lowest BCUT2D eigenvalue weighted by Crippen LogP contribution is -2.46. The summed E-state index contributed by atoms with van der Waals surface area (Å²) < 4.78 is 1.93. The monoisotopic (exact) mass is 390 g/mol. The summed E-state index contributed by atoms with van der Waals surface area (Å²) in [5, 5.41) is 32.7. The van der Waals surface area contributed by atoms with E-state index in [-0.39, 0.29) is 28.2 Å². The van der Waals surface area contributed by atoms with Gasteiger partial charge in [0.1, 0.15) is 5.82 Å². The fraction of sp³-hybridized carbons (Fsp3) is 0.471. The molecule has 1 aliphatic rings. The number of nitro benzene ring substituents is 2. The van der Waals surface area contributed by atoms with E-state index in [4.69, 9.17) is 0 Å². The highest BCUT2D eigenvalue weighted by molar-refractivity contribution is 5.79. The van der Waals surface area contributed by atoms with Gasteiger partial charge in [-0.2, -0.15) is 0 Å². The second-order valence-corrected chi connectivity index (χ2v) is 6.77. The number of aryl methyl sites for hydroxylation is 1. The summed E-state index contributed by atoms with van der Waals surface area (Å²) in [7, 11) is 1.91. The van der Waals surface area contributed by atoms with E-state index in [0.717, 1.165) is 5.82 Å². The largest absolute Gasteiger partial charge is 0.392 e. The van der Waals surface area contributed by atoms with Gasteiger partial charge in [0.15, 0.2) is 5.69 Å². The number of rotatable bonds is 6. The third kappa shape index (κ3) is 3.66. The van der Waals surface area contributed by atoms with Crippen LogP contribution in [0.15, 0.2) is 18.5 Å². The number of nitrogens with zero attached hydrogens (tertiary/aromatic N) is 6. The predicted octanol–water partition coefficient (Wildman–Crippen LogP) is 1.36. The Morgan fingerprint density at radius 3 is 2.36 bits per heavy atom. The minimum atomic E-state index is -0.624. The van der Waals surface area contributed by atoms with Crippen molar-refractivity contribution in [1.29, 1.82) is 0 Å². The molecule has 0 unspecified atom stereocenters. The van der Waals surface area contributed by atoms with Crippen LogP contribution in [0, 0.1) is 27.2 Å². The van der Waals surface area contributed by atoms with Crippen molar-refractivity contribution in [3.8, 4) is 0 Å². The highest BCUT2D eigenvalue weighted by Gasteiger charge is 2.35. The van der Waals surface area contributed by atoms with Gasteiger partial charge >= 0.3 is 5.69 Å². The van der Waals surface area contributed by atoms with E-state index >= 15 is 0 Å². The molecule has 0 radical (unpaired) electrons. The standard InChI is InChI=1S/C17H22N6O5/c1-12-13(11-24)9-14(22(25)26)17(16(12)23(27)28)21-7-5-20(6-8-21)10-15-18-3-4-19(15)2/h3-4,9,24H,5-8,10-11H2,1-2H3. The van der Waals surface area contributed by atoms with Crippen LogP contribution >= 0.6 is 0 Å². The van der Waals surface area contributed by atoms with Crippen molar-refractivity contribution in [3.05, 3.63) is 55.6 Å². The predicted molar refractivity (Wildman–Crippen MR) is 101 cm³/mol. The summed E-state index contributed by atoms with van der Waals surface area (Å²) in [6.45, 7) is 3.70. The van der Waals surface area contributed by atoms with Gasteiger partial charge in [-0.3, -0.25) is 25.1 Å². The molecule has 1 aliphatic heterocycles. The Hall–Kier alpha value is -3.05. The van der Waals surface area contributed by atoms with Gasteiger partial charge in [-0.1, -0.05) is 0 Å². The van der Waals surface area contributed by atoms with Crippen LogP contribution < -0.4 is 4.90 Å². The average molecular weight is 390 g/mol. The number of benzene rings is 1. The van der Waals surface area contributed by atoms with E-state index in [9.17, 15) is 25.3 Å².